The molecule has 1 aromatic heterocycles. The molecule has 2 rings (SSSR count). The van der Waals surface area contributed by atoms with Crippen molar-refractivity contribution in [1.29, 1.82) is 0 Å². The summed E-state index contributed by atoms with van der Waals surface area (Å²) in [5.41, 5.74) is 6.89. The Morgan fingerprint density at radius 1 is 1.32 bits per heavy atom. The summed E-state index contributed by atoms with van der Waals surface area (Å²) in [6.45, 7) is 4.07. The fraction of sp³-hybridized carbons (Fsp3) is 0.429. The number of aromatic nitrogens is 2. The van der Waals surface area contributed by atoms with E-state index in [9.17, 15) is 0 Å². The van der Waals surface area contributed by atoms with Crippen LogP contribution in [0.4, 0.5) is 0 Å². The van der Waals surface area contributed by atoms with Gasteiger partial charge in [0.25, 0.3) is 0 Å². The molecule has 0 bridgehead atoms. The maximum Gasteiger partial charge on any atom is 0.231 e. The molecule has 0 radical (unpaired) electrons. The van der Waals surface area contributed by atoms with Crippen molar-refractivity contribution >= 4 is 15.9 Å². The molecule has 2 aromatic rings. The highest BCUT2D eigenvalue weighted by Gasteiger charge is 2.28. The lowest BCUT2D eigenvalue weighted by molar-refractivity contribution is 0.337. The minimum atomic E-state index is -0.487. The minimum absolute atomic E-state index is 0.487. The van der Waals surface area contributed by atoms with Crippen LogP contribution >= 0.6 is 15.9 Å². The zero-order chi connectivity index (χ0) is 13.9. The molecule has 0 atom stereocenters. The lowest BCUT2D eigenvalue weighted by Crippen LogP contribution is -2.36. The quantitative estimate of drug-likeness (QED) is 0.915. The van der Waals surface area contributed by atoms with Crippen LogP contribution in [0.15, 0.2) is 33.3 Å². The molecule has 0 aliphatic heterocycles. The van der Waals surface area contributed by atoms with E-state index in [-0.39, 0.29) is 0 Å². The molecule has 1 aromatic carbocycles. The number of hydrogen-bond donors (Lipinski definition) is 1. The molecule has 0 saturated heterocycles. The SMILES string of the molecule is CCC(N)(CC)c1noc(Cc2cccc(Br)c2)n1. The second kappa shape index (κ2) is 5.84. The van der Waals surface area contributed by atoms with Crippen molar-refractivity contribution in [2.45, 2.75) is 38.6 Å². The number of halogens is 1. The van der Waals surface area contributed by atoms with Gasteiger partial charge in [-0.25, -0.2) is 0 Å². The first-order valence-corrected chi connectivity index (χ1v) is 7.23. The van der Waals surface area contributed by atoms with Gasteiger partial charge in [-0.2, -0.15) is 4.98 Å². The highest BCUT2D eigenvalue weighted by atomic mass is 79.9. The van der Waals surface area contributed by atoms with Gasteiger partial charge < -0.3 is 10.3 Å². The van der Waals surface area contributed by atoms with Crippen molar-refractivity contribution < 1.29 is 4.52 Å². The van der Waals surface area contributed by atoms with Crippen LogP contribution < -0.4 is 5.73 Å². The largest absolute Gasteiger partial charge is 0.339 e. The Hall–Kier alpha value is -1.20. The Bertz CT molecular complexity index is 549. The first kappa shape index (κ1) is 14.2. The van der Waals surface area contributed by atoms with Gasteiger partial charge in [0, 0.05) is 4.47 Å². The van der Waals surface area contributed by atoms with E-state index in [0.717, 1.165) is 22.9 Å². The smallest absolute Gasteiger partial charge is 0.231 e. The van der Waals surface area contributed by atoms with Crippen LogP contribution in [0.2, 0.25) is 0 Å². The van der Waals surface area contributed by atoms with E-state index in [1.54, 1.807) is 0 Å². The first-order valence-electron chi connectivity index (χ1n) is 6.43. The van der Waals surface area contributed by atoms with Crippen LogP contribution in [-0.4, -0.2) is 10.1 Å². The summed E-state index contributed by atoms with van der Waals surface area (Å²) in [7, 11) is 0. The number of benzene rings is 1. The summed E-state index contributed by atoms with van der Waals surface area (Å²) in [5.74, 6) is 1.20. The highest BCUT2D eigenvalue weighted by Crippen LogP contribution is 2.23. The predicted octanol–water partition coefficient (Wildman–Crippen LogP) is 3.40. The van der Waals surface area contributed by atoms with Gasteiger partial charge in [-0.15, -0.1) is 0 Å². The average Bonchev–Trinajstić information content (AvgIpc) is 2.87. The van der Waals surface area contributed by atoms with Gasteiger partial charge >= 0.3 is 0 Å². The van der Waals surface area contributed by atoms with Crippen molar-refractivity contribution in [2.24, 2.45) is 5.73 Å². The monoisotopic (exact) mass is 323 g/mol. The predicted molar refractivity (Wildman–Crippen MR) is 77.7 cm³/mol. The van der Waals surface area contributed by atoms with E-state index < -0.39 is 5.54 Å². The van der Waals surface area contributed by atoms with Gasteiger partial charge in [-0.3, -0.25) is 0 Å². The van der Waals surface area contributed by atoms with E-state index in [1.165, 1.54) is 0 Å². The second-order valence-corrected chi connectivity index (χ2v) is 5.60. The molecular weight excluding hydrogens is 306 g/mol. The molecule has 102 valence electrons. The van der Waals surface area contributed by atoms with E-state index >= 15 is 0 Å². The van der Waals surface area contributed by atoms with Crippen molar-refractivity contribution in [3.8, 4) is 0 Å². The summed E-state index contributed by atoms with van der Waals surface area (Å²) < 4.78 is 6.34. The zero-order valence-electron chi connectivity index (χ0n) is 11.2. The maximum absolute atomic E-state index is 6.26. The third-order valence-electron chi connectivity index (χ3n) is 3.42. The highest BCUT2D eigenvalue weighted by molar-refractivity contribution is 9.10. The van der Waals surface area contributed by atoms with Gasteiger partial charge in [0.2, 0.25) is 5.89 Å². The fourth-order valence-corrected chi connectivity index (χ4v) is 2.36. The molecule has 2 N–H and O–H groups in total. The molecular formula is C14H18BrN3O. The normalized spacial score (nSPS) is 11.8. The third-order valence-corrected chi connectivity index (χ3v) is 3.91. The van der Waals surface area contributed by atoms with Crippen molar-refractivity contribution in [1.82, 2.24) is 10.1 Å². The van der Waals surface area contributed by atoms with Crippen LogP contribution in [0.5, 0.6) is 0 Å². The molecule has 1 heterocycles. The maximum atomic E-state index is 6.26. The van der Waals surface area contributed by atoms with Gasteiger partial charge in [-0.05, 0) is 30.5 Å². The summed E-state index contributed by atoms with van der Waals surface area (Å²) in [6.07, 6.45) is 2.20. The molecule has 0 aliphatic rings. The lowest BCUT2D eigenvalue weighted by atomic mass is 9.93. The van der Waals surface area contributed by atoms with Crippen molar-refractivity contribution in [3.05, 3.63) is 46.0 Å². The third kappa shape index (κ3) is 3.22. The number of rotatable bonds is 5. The molecule has 0 spiro atoms. The topological polar surface area (TPSA) is 64.9 Å². The van der Waals surface area contributed by atoms with Crippen molar-refractivity contribution in [3.63, 3.8) is 0 Å². The minimum Gasteiger partial charge on any atom is -0.339 e. The summed E-state index contributed by atoms with van der Waals surface area (Å²) in [4.78, 5) is 4.43. The van der Waals surface area contributed by atoms with Gasteiger partial charge in [-0.1, -0.05) is 47.1 Å². The molecule has 19 heavy (non-hydrogen) atoms. The zero-order valence-corrected chi connectivity index (χ0v) is 12.8. The summed E-state index contributed by atoms with van der Waals surface area (Å²) in [6, 6.07) is 8.05. The fourth-order valence-electron chi connectivity index (χ4n) is 1.92. The Morgan fingerprint density at radius 2 is 2.05 bits per heavy atom. The van der Waals surface area contributed by atoms with E-state index in [1.807, 2.05) is 38.1 Å². The standard InChI is InChI=1S/C14H18BrN3O/c1-3-14(16,4-2)13-17-12(19-18-13)9-10-6-5-7-11(15)8-10/h5-8H,3-4,9,16H2,1-2H3. The molecule has 0 aliphatic carbocycles. The van der Waals surface area contributed by atoms with Gasteiger partial charge in [0.1, 0.15) is 0 Å². The number of nitrogens with zero attached hydrogens (tertiary/aromatic N) is 2. The Labute approximate surface area is 121 Å². The molecule has 0 amide bonds. The van der Waals surface area contributed by atoms with Gasteiger partial charge in [0.05, 0.1) is 12.0 Å². The average molecular weight is 324 g/mol. The van der Waals surface area contributed by atoms with Crippen LogP contribution in [0.1, 0.15) is 44.0 Å². The molecule has 4 nitrogen and oxygen atoms in total. The second-order valence-electron chi connectivity index (χ2n) is 4.68. The Morgan fingerprint density at radius 3 is 2.68 bits per heavy atom. The summed E-state index contributed by atoms with van der Waals surface area (Å²) >= 11 is 3.45. The Balaban J connectivity index is 2.18. The van der Waals surface area contributed by atoms with Crippen LogP contribution in [0.25, 0.3) is 0 Å². The molecule has 0 fully saturated rings. The van der Waals surface area contributed by atoms with E-state index in [0.29, 0.717) is 18.1 Å². The number of hydrogen-bond acceptors (Lipinski definition) is 4. The van der Waals surface area contributed by atoms with E-state index in [4.69, 9.17) is 10.3 Å². The first-order chi connectivity index (χ1) is 9.07. The Kier molecular flexibility index (Phi) is 4.37. The van der Waals surface area contributed by atoms with E-state index in [2.05, 4.69) is 26.1 Å². The van der Waals surface area contributed by atoms with Crippen LogP contribution in [0, 0.1) is 0 Å². The van der Waals surface area contributed by atoms with Crippen molar-refractivity contribution in [2.75, 3.05) is 0 Å². The van der Waals surface area contributed by atoms with Crippen LogP contribution in [0.3, 0.4) is 0 Å². The number of nitrogens with two attached hydrogens (primary N) is 1. The molecule has 0 unspecified atom stereocenters. The van der Waals surface area contributed by atoms with Crippen LogP contribution in [-0.2, 0) is 12.0 Å². The lowest BCUT2D eigenvalue weighted by Gasteiger charge is -2.21. The summed E-state index contributed by atoms with van der Waals surface area (Å²) in [5, 5.41) is 4.03. The molecule has 5 heteroatoms. The molecule has 0 saturated carbocycles. The van der Waals surface area contributed by atoms with Gasteiger partial charge in [0.15, 0.2) is 5.82 Å².